The maximum atomic E-state index is 12.6. The fourth-order valence-corrected chi connectivity index (χ4v) is 3.41. The number of rotatable bonds is 2. The van der Waals surface area contributed by atoms with Gasteiger partial charge < -0.3 is 10.2 Å². The Morgan fingerprint density at radius 3 is 2.95 bits per heavy atom. The van der Waals surface area contributed by atoms with Crippen LogP contribution in [0.4, 0.5) is 5.69 Å². The molecule has 0 radical (unpaired) electrons. The highest BCUT2D eigenvalue weighted by Crippen LogP contribution is 2.26. The van der Waals surface area contributed by atoms with E-state index in [1.165, 1.54) is 12.1 Å². The highest BCUT2D eigenvalue weighted by Gasteiger charge is 2.34. The van der Waals surface area contributed by atoms with Crippen LogP contribution in [0.25, 0.3) is 0 Å². The molecular weight excluding hydrogens is 270 g/mol. The maximum Gasteiger partial charge on any atom is 0.270 e. The van der Waals surface area contributed by atoms with Crippen LogP contribution in [0.2, 0.25) is 0 Å². The van der Waals surface area contributed by atoms with Gasteiger partial charge >= 0.3 is 0 Å². The molecule has 0 aliphatic carbocycles. The van der Waals surface area contributed by atoms with Gasteiger partial charge in [0.15, 0.2) is 0 Å². The molecule has 2 aliphatic rings. The molecule has 1 aromatic rings. The Labute approximate surface area is 123 Å². The Morgan fingerprint density at radius 1 is 1.38 bits per heavy atom. The van der Waals surface area contributed by atoms with Crippen molar-refractivity contribution < 1.29 is 9.72 Å². The van der Waals surface area contributed by atoms with E-state index < -0.39 is 4.92 Å². The Bertz CT molecular complexity index is 588. The first-order valence-electron chi connectivity index (χ1n) is 7.33. The Kier molecular flexibility index (Phi) is 3.63. The third kappa shape index (κ3) is 2.76. The van der Waals surface area contributed by atoms with Crippen molar-refractivity contribution >= 4 is 11.6 Å². The second-order valence-electron chi connectivity index (χ2n) is 5.96. The molecule has 1 N–H and O–H groups in total. The smallest absolute Gasteiger partial charge is 0.270 e. The highest BCUT2D eigenvalue weighted by atomic mass is 16.6. The topological polar surface area (TPSA) is 75.5 Å². The van der Waals surface area contributed by atoms with E-state index in [1.54, 1.807) is 13.0 Å². The van der Waals surface area contributed by atoms with Crippen LogP contribution in [0.1, 0.15) is 28.8 Å². The summed E-state index contributed by atoms with van der Waals surface area (Å²) >= 11 is 0. The van der Waals surface area contributed by atoms with E-state index in [0.717, 1.165) is 38.0 Å². The summed E-state index contributed by atoms with van der Waals surface area (Å²) in [6.45, 7) is 4.26. The Morgan fingerprint density at radius 2 is 2.19 bits per heavy atom. The predicted octanol–water partition coefficient (Wildman–Crippen LogP) is 1.73. The highest BCUT2D eigenvalue weighted by molar-refractivity contribution is 5.95. The fraction of sp³-hybridized carbons (Fsp3) is 0.533. The van der Waals surface area contributed by atoms with Crippen molar-refractivity contribution in [1.82, 2.24) is 10.2 Å². The third-order valence-electron chi connectivity index (χ3n) is 4.46. The summed E-state index contributed by atoms with van der Waals surface area (Å²) in [6.07, 6.45) is 2.06. The lowest BCUT2D eigenvalue weighted by molar-refractivity contribution is -0.384. The molecule has 21 heavy (non-hydrogen) atoms. The lowest BCUT2D eigenvalue weighted by atomic mass is 9.93. The molecule has 2 fully saturated rings. The molecule has 1 amide bonds. The number of hydrogen-bond acceptors (Lipinski definition) is 4. The molecule has 2 aliphatic heterocycles. The fourth-order valence-electron chi connectivity index (χ4n) is 3.41. The van der Waals surface area contributed by atoms with E-state index in [9.17, 15) is 14.9 Å². The van der Waals surface area contributed by atoms with Crippen LogP contribution in [0.5, 0.6) is 0 Å². The molecule has 6 heteroatoms. The van der Waals surface area contributed by atoms with Gasteiger partial charge in [0.25, 0.3) is 11.6 Å². The predicted molar refractivity (Wildman–Crippen MR) is 78.3 cm³/mol. The number of nitrogens with one attached hydrogen (secondary N) is 1. The molecule has 2 saturated heterocycles. The number of likely N-dealkylation sites (tertiary alicyclic amines) is 1. The quantitative estimate of drug-likeness (QED) is 0.664. The molecule has 2 heterocycles. The van der Waals surface area contributed by atoms with Gasteiger partial charge in [0.05, 0.1) is 4.92 Å². The minimum atomic E-state index is -0.448. The number of nitro benzene ring substituents is 1. The average Bonchev–Trinajstić information content (AvgIpc) is 2.93. The van der Waals surface area contributed by atoms with Gasteiger partial charge in [-0.2, -0.15) is 0 Å². The number of amides is 1. The normalized spacial score (nSPS) is 24.7. The van der Waals surface area contributed by atoms with Crippen LogP contribution in [0.3, 0.4) is 0 Å². The molecule has 2 unspecified atom stereocenters. The first kappa shape index (κ1) is 14.0. The van der Waals surface area contributed by atoms with E-state index in [2.05, 4.69) is 5.32 Å². The summed E-state index contributed by atoms with van der Waals surface area (Å²) in [6, 6.07) is 5.13. The molecule has 112 valence electrons. The van der Waals surface area contributed by atoms with Crippen LogP contribution < -0.4 is 5.32 Å². The molecule has 0 spiro atoms. The van der Waals surface area contributed by atoms with E-state index in [-0.39, 0.29) is 11.6 Å². The van der Waals surface area contributed by atoms with Crippen molar-refractivity contribution in [2.45, 2.75) is 25.8 Å². The van der Waals surface area contributed by atoms with Crippen LogP contribution in [0, 0.1) is 23.0 Å². The molecule has 6 nitrogen and oxygen atoms in total. The van der Waals surface area contributed by atoms with Crippen molar-refractivity contribution in [1.29, 1.82) is 0 Å². The lowest BCUT2D eigenvalue weighted by Gasteiger charge is -2.34. The van der Waals surface area contributed by atoms with Crippen molar-refractivity contribution in [2.24, 2.45) is 5.92 Å². The number of hydrogen-bond donors (Lipinski definition) is 1. The number of carbonyl (C=O) groups is 1. The largest absolute Gasteiger partial charge is 0.338 e. The number of piperidine rings is 1. The first-order valence-corrected chi connectivity index (χ1v) is 7.33. The SMILES string of the molecule is Cc1cc(C(=O)N2CCC3NCCC3C2)cc([N+](=O)[O-])c1. The summed E-state index contributed by atoms with van der Waals surface area (Å²) in [7, 11) is 0. The summed E-state index contributed by atoms with van der Waals surface area (Å²) in [5.74, 6) is 0.426. The summed E-state index contributed by atoms with van der Waals surface area (Å²) in [4.78, 5) is 24.9. The molecule has 3 rings (SSSR count). The van der Waals surface area contributed by atoms with Gasteiger partial charge in [-0.1, -0.05) is 0 Å². The van der Waals surface area contributed by atoms with E-state index in [0.29, 0.717) is 17.5 Å². The van der Waals surface area contributed by atoms with Gasteiger partial charge in [0.2, 0.25) is 0 Å². The minimum absolute atomic E-state index is 0.0178. The van der Waals surface area contributed by atoms with Crippen LogP contribution in [-0.2, 0) is 0 Å². The molecule has 0 bridgehead atoms. The molecule has 0 aromatic heterocycles. The number of fused-ring (bicyclic) bond motifs is 1. The summed E-state index contributed by atoms with van der Waals surface area (Å²) in [5, 5.41) is 14.4. The summed E-state index contributed by atoms with van der Waals surface area (Å²) < 4.78 is 0. The minimum Gasteiger partial charge on any atom is -0.338 e. The van der Waals surface area contributed by atoms with Crippen molar-refractivity contribution in [3.8, 4) is 0 Å². The zero-order valence-electron chi connectivity index (χ0n) is 12.0. The average molecular weight is 289 g/mol. The second kappa shape index (κ2) is 5.44. The van der Waals surface area contributed by atoms with E-state index in [1.807, 2.05) is 4.90 Å². The first-order chi connectivity index (χ1) is 10.0. The third-order valence-corrected chi connectivity index (χ3v) is 4.46. The van der Waals surface area contributed by atoms with Crippen molar-refractivity contribution in [3.05, 3.63) is 39.4 Å². The maximum absolute atomic E-state index is 12.6. The zero-order chi connectivity index (χ0) is 15.0. The molecule has 1 aromatic carbocycles. The summed E-state index contributed by atoms with van der Waals surface area (Å²) in [5.41, 5.74) is 1.15. The number of benzene rings is 1. The van der Waals surface area contributed by atoms with Crippen LogP contribution in [0.15, 0.2) is 18.2 Å². The lowest BCUT2D eigenvalue weighted by Crippen LogP contribution is -2.46. The van der Waals surface area contributed by atoms with Crippen LogP contribution in [-0.4, -0.2) is 41.4 Å². The molecule has 0 saturated carbocycles. The number of non-ortho nitro benzene ring substituents is 1. The molecule has 2 atom stereocenters. The standard InChI is InChI=1S/C15H19N3O3/c1-10-6-12(8-13(7-10)18(20)21)15(19)17-5-3-14-11(9-17)2-4-16-14/h6-8,11,14,16H,2-5,9H2,1H3. The number of nitrogens with zero attached hydrogens (tertiary/aromatic N) is 2. The van der Waals surface area contributed by atoms with Gasteiger partial charge in [0, 0.05) is 36.8 Å². The van der Waals surface area contributed by atoms with Gasteiger partial charge in [-0.25, -0.2) is 0 Å². The van der Waals surface area contributed by atoms with Gasteiger partial charge in [-0.05, 0) is 43.9 Å². The van der Waals surface area contributed by atoms with Crippen LogP contribution >= 0.6 is 0 Å². The van der Waals surface area contributed by atoms with Gasteiger partial charge in [0.1, 0.15) is 0 Å². The van der Waals surface area contributed by atoms with Gasteiger partial charge in [-0.3, -0.25) is 14.9 Å². The number of aryl methyl sites for hydroxylation is 1. The number of nitro groups is 1. The van der Waals surface area contributed by atoms with E-state index in [4.69, 9.17) is 0 Å². The van der Waals surface area contributed by atoms with Crippen molar-refractivity contribution in [2.75, 3.05) is 19.6 Å². The zero-order valence-corrected chi connectivity index (χ0v) is 12.0. The monoisotopic (exact) mass is 289 g/mol. The van der Waals surface area contributed by atoms with Crippen molar-refractivity contribution in [3.63, 3.8) is 0 Å². The van der Waals surface area contributed by atoms with Gasteiger partial charge in [-0.15, -0.1) is 0 Å². The van der Waals surface area contributed by atoms with E-state index >= 15 is 0 Å². The number of carbonyl (C=O) groups excluding carboxylic acids is 1. The second-order valence-corrected chi connectivity index (χ2v) is 5.96. The molecular formula is C15H19N3O3. The Balaban J connectivity index is 1.80. The Hall–Kier alpha value is -1.95.